The normalized spacial score (nSPS) is 23.0. The van der Waals surface area contributed by atoms with Gasteiger partial charge in [-0.1, -0.05) is 37.3 Å². The van der Waals surface area contributed by atoms with Gasteiger partial charge in [-0.3, -0.25) is 29.0 Å². The molecule has 0 radical (unpaired) electrons. The van der Waals surface area contributed by atoms with Crippen LogP contribution in [0.4, 0.5) is 0 Å². The first kappa shape index (κ1) is 33.2. The van der Waals surface area contributed by atoms with Crippen molar-refractivity contribution >= 4 is 41.5 Å². The summed E-state index contributed by atoms with van der Waals surface area (Å²) in [5, 5.41) is 22.7. The molecule has 0 bridgehead atoms. The van der Waals surface area contributed by atoms with Gasteiger partial charge in [0.25, 0.3) is 0 Å². The molecule has 0 aromatic carbocycles. The van der Waals surface area contributed by atoms with Gasteiger partial charge in [0.05, 0.1) is 5.25 Å². The smallest absolute Gasteiger partial charge is 0.322 e. The maximum Gasteiger partial charge on any atom is 0.322 e. The molecule has 44 heavy (non-hydrogen) atoms. The lowest BCUT2D eigenvalue weighted by Crippen LogP contribution is -2.49. The number of nitrogens with one attached hydrogen (secondary N) is 2. The Morgan fingerprint density at radius 2 is 1.82 bits per heavy atom. The van der Waals surface area contributed by atoms with E-state index in [-0.39, 0.29) is 35.7 Å². The van der Waals surface area contributed by atoms with Gasteiger partial charge in [-0.2, -0.15) is 0 Å². The van der Waals surface area contributed by atoms with Crippen LogP contribution in [0.3, 0.4) is 0 Å². The molecule has 0 spiro atoms. The number of carboxylic acids is 2. The number of allylic oxidation sites excluding steroid dienone is 1. The molecule has 5 atom stereocenters. The minimum atomic E-state index is -1.24. The zero-order chi connectivity index (χ0) is 31.6. The number of aromatic nitrogens is 1. The fourth-order valence-electron chi connectivity index (χ4n) is 5.98. The van der Waals surface area contributed by atoms with Crippen LogP contribution in [-0.4, -0.2) is 74.6 Å². The van der Waals surface area contributed by atoms with Crippen molar-refractivity contribution in [1.82, 2.24) is 15.6 Å². The van der Waals surface area contributed by atoms with E-state index >= 15 is 0 Å². The summed E-state index contributed by atoms with van der Waals surface area (Å²) in [4.78, 5) is 65.0. The summed E-state index contributed by atoms with van der Waals surface area (Å²) in [6.45, 7) is -0.617. The second kappa shape index (κ2) is 15.8. The Kier molecular flexibility index (Phi) is 12.0. The van der Waals surface area contributed by atoms with Crippen LogP contribution < -0.4 is 16.4 Å². The van der Waals surface area contributed by atoms with Crippen LogP contribution in [0.1, 0.15) is 63.4 Å². The molecule has 1 aliphatic heterocycles. The molecule has 0 saturated heterocycles. The van der Waals surface area contributed by atoms with Crippen molar-refractivity contribution in [2.75, 3.05) is 12.3 Å². The van der Waals surface area contributed by atoms with Gasteiger partial charge in [0.15, 0.2) is 0 Å². The van der Waals surface area contributed by atoms with E-state index < -0.39 is 48.3 Å². The number of pyridine rings is 1. The second-order valence-electron chi connectivity index (χ2n) is 11.5. The summed E-state index contributed by atoms with van der Waals surface area (Å²) >= 11 is 1.39. The molecule has 0 fully saturated rings. The van der Waals surface area contributed by atoms with E-state index in [0.717, 1.165) is 56.1 Å². The number of aliphatic carboxylic acids is 2. The average Bonchev–Trinajstić information content (AvgIpc) is 3.33. The summed E-state index contributed by atoms with van der Waals surface area (Å²) in [6, 6.07) is 1.65. The van der Waals surface area contributed by atoms with Crippen LogP contribution >= 0.6 is 11.8 Å². The molecule has 12 nitrogen and oxygen atoms in total. The second-order valence-corrected chi connectivity index (χ2v) is 12.7. The number of carbonyl (C=O) groups excluding carboxylic acids is 3. The van der Waals surface area contributed by atoms with Crippen LogP contribution in [0.25, 0.3) is 0 Å². The number of thioether (sulfide) groups is 1. The van der Waals surface area contributed by atoms with Crippen molar-refractivity contribution in [1.29, 1.82) is 0 Å². The molecule has 0 saturated carbocycles. The number of rotatable bonds is 13. The van der Waals surface area contributed by atoms with Crippen molar-refractivity contribution in [2.24, 2.45) is 17.6 Å². The Bertz CT molecular complexity index is 1300. The van der Waals surface area contributed by atoms with Crippen molar-refractivity contribution < 1.29 is 38.9 Å². The number of ether oxygens (including phenoxy) is 1. The van der Waals surface area contributed by atoms with E-state index in [1.807, 2.05) is 18.2 Å². The Hall–Kier alpha value is -3.71. The number of carbonyl (C=O) groups is 5. The van der Waals surface area contributed by atoms with E-state index in [9.17, 15) is 24.0 Å². The maximum atomic E-state index is 13.3. The highest BCUT2D eigenvalue weighted by atomic mass is 32.2. The topological polar surface area (TPSA) is 198 Å². The number of esters is 1. The van der Waals surface area contributed by atoms with Crippen molar-refractivity contribution in [3.05, 3.63) is 53.1 Å². The lowest BCUT2D eigenvalue weighted by atomic mass is 9.74. The molecular weight excluding hydrogens is 588 g/mol. The van der Waals surface area contributed by atoms with Crippen LogP contribution in [0, 0.1) is 11.8 Å². The highest BCUT2D eigenvalue weighted by Gasteiger charge is 2.44. The largest absolute Gasteiger partial charge is 0.480 e. The molecule has 4 rings (SSSR count). The van der Waals surface area contributed by atoms with Gasteiger partial charge in [0.2, 0.25) is 11.8 Å². The molecule has 6 N–H and O–H groups in total. The zero-order valence-electron chi connectivity index (χ0n) is 24.5. The van der Waals surface area contributed by atoms with Crippen molar-refractivity contribution in [3.8, 4) is 0 Å². The highest BCUT2D eigenvalue weighted by Crippen LogP contribution is 2.47. The minimum absolute atomic E-state index is 0.0969. The Labute approximate surface area is 260 Å². The lowest BCUT2D eigenvalue weighted by molar-refractivity contribution is -0.140. The third-order valence-corrected chi connectivity index (χ3v) is 9.58. The van der Waals surface area contributed by atoms with Gasteiger partial charge in [-0.15, -0.1) is 11.8 Å². The first-order valence-corrected chi connectivity index (χ1v) is 16.1. The van der Waals surface area contributed by atoms with Crippen LogP contribution in [0.2, 0.25) is 0 Å². The Morgan fingerprint density at radius 3 is 2.52 bits per heavy atom. The van der Waals surface area contributed by atoms with Gasteiger partial charge in [-0.05, 0) is 61.3 Å². The number of hydrogen-bond donors (Lipinski definition) is 5. The number of nitrogens with two attached hydrogens (primary N) is 1. The molecule has 2 amide bonds. The van der Waals surface area contributed by atoms with E-state index in [1.165, 1.54) is 17.3 Å². The molecule has 1 aromatic heterocycles. The number of amides is 2. The molecular formula is C31H40N4O8S. The fourth-order valence-corrected chi connectivity index (χ4v) is 7.31. The molecule has 238 valence electrons. The zero-order valence-corrected chi connectivity index (χ0v) is 25.4. The van der Waals surface area contributed by atoms with Crippen LogP contribution in [0.15, 0.2) is 47.5 Å². The van der Waals surface area contributed by atoms with Crippen molar-refractivity contribution in [3.63, 3.8) is 0 Å². The van der Waals surface area contributed by atoms with Gasteiger partial charge in [-0.25, -0.2) is 0 Å². The van der Waals surface area contributed by atoms with E-state index in [1.54, 1.807) is 12.4 Å². The fraction of sp³-hybridized carbons (Fsp3) is 0.548. The summed E-state index contributed by atoms with van der Waals surface area (Å²) < 4.78 is 5.99. The average molecular weight is 629 g/mol. The molecule has 13 heteroatoms. The predicted octanol–water partition coefficient (Wildman–Crippen LogP) is 2.33. The lowest BCUT2D eigenvalue weighted by Gasteiger charge is -2.30. The standard InChI is InChI=1S/C31H40N4O8S/c32-22(30(40)41)7-8-25(36)35-23(29(39)34-16-26(37)38)17-44-24-6-4-2-1-3-5-20-14-19(13-18-9-11-33-12-10-18)15-21-27(20)28(24)43-31(21)42/h9-12,15,20-24H,1-8,13-14,16-17,32H2,(H,34,39)(H,35,36)(H,37,38)(H,40,41)/t20-,21+,22-,23-,24+/m0/s1. The third-order valence-electron chi connectivity index (χ3n) is 8.21. The molecule has 2 aliphatic carbocycles. The summed E-state index contributed by atoms with van der Waals surface area (Å²) in [6.07, 6.45) is 12.5. The van der Waals surface area contributed by atoms with Crippen LogP contribution in [-0.2, 0) is 35.1 Å². The van der Waals surface area contributed by atoms with E-state index in [0.29, 0.717) is 12.2 Å². The van der Waals surface area contributed by atoms with Gasteiger partial charge in [0.1, 0.15) is 30.3 Å². The summed E-state index contributed by atoms with van der Waals surface area (Å²) in [5.41, 5.74) is 8.87. The van der Waals surface area contributed by atoms with Gasteiger partial charge >= 0.3 is 17.9 Å². The third kappa shape index (κ3) is 9.15. The first-order chi connectivity index (χ1) is 21.1. The molecule has 0 unspecified atom stereocenters. The Balaban J connectivity index is 1.53. The van der Waals surface area contributed by atoms with Gasteiger partial charge in [0, 0.05) is 24.6 Å². The van der Waals surface area contributed by atoms with E-state index in [4.69, 9.17) is 20.7 Å². The highest BCUT2D eigenvalue weighted by molar-refractivity contribution is 8.00. The summed E-state index contributed by atoms with van der Waals surface area (Å²) in [7, 11) is 0. The predicted molar refractivity (Wildman–Crippen MR) is 162 cm³/mol. The molecule has 1 aromatic rings. The monoisotopic (exact) mass is 628 g/mol. The quantitative estimate of drug-likeness (QED) is 0.159. The number of nitrogens with zero attached hydrogens (tertiary/aromatic N) is 1. The Morgan fingerprint density at radius 1 is 1.09 bits per heavy atom. The minimum Gasteiger partial charge on any atom is -0.480 e. The summed E-state index contributed by atoms with van der Waals surface area (Å²) in [5.74, 6) is -3.54. The SMILES string of the molecule is N[C@@H](CCC(=O)N[C@@H](CS[C@@H]1CCCCCC[C@H]2CC(Cc3ccncc3)=C[C@H]3C(=O)OC1=C23)C(=O)NCC(=O)O)C(=O)O. The molecule has 2 heterocycles. The van der Waals surface area contributed by atoms with Gasteiger partial charge < -0.3 is 31.3 Å². The van der Waals surface area contributed by atoms with Crippen LogP contribution in [0.5, 0.6) is 0 Å². The maximum absolute atomic E-state index is 13.3. The number of hydrogen-bond acceptors (Lipinski definition) is 9. The van der Waals surface area contributed by atoms with Crippen molar-refractivity contribution in [2.45, 2.75) is 81.5 Å². The van der Waals surface area contributed by atoms with E-state index in [2.05, 4.69) is 15.6 Å². The number of carboxylic acid groups (broad SMARTS) is 2. The molecule has 3 aliphatic rings. The first-order valence-electron chi connectivity index (χ1n) is 15.0.